The van der Waals surface area contributed by atoms with Gasteiger partial charge in [-0.15, -0.1) is 11.8 Å². The van der Waals surface area contributed by atoms with Crippen LogP contribution in [0.3, 0.4) is 0 Å². The van der Waals surface area contributed by atoms with E-state index >= 15 is 0 Å². The van der Waals surface area contributed by atoms with Gasteiger partial charge in [0, 0.05) is 29.7 Å². The molecule has 1 aliphatic carbocycles. The molecule has 1 saturated heterocycles. The van der Waals surface area contributed by atoms with Crippen molar-refractivity contribution in [3.8, 4) is 0 Å². The minimum atomic E-state index is 0.111. The molecule has 1 N–H and O–H groups in total. The van der Waals surface area contributed by atoms with Crippen molar-refractivity contribution < 1.29 is 9.53 Å². The van der Waals surface area contributed by atoms with Crippen molar-refractivity contribution in [2.75, 3.05) is 42.3 Å². The average Bonchev–Trinajstić information content (AvgIpc) is 2.62. The highest BCUT2D eigenvalue weighted by molar-refractivity contribution is 8.00. The Morgan fingerprint density at radius 1 is 1.13 bits per heavy atom. The Morgan fingerprint density at radius 3 is 2.52 bits per heavy atom. The molecule has 1 aromatic rings. The maximum atomic E-state index is 12.1. The summed E-state index contributed by atoms with van der Waals surface area (Å²) in [5, 5.41) is 3.69. The molecule has 1 aromatic carbocycles. The van der Waals surface area contributed by atoms with Crippen molar-refractivity contribution >= 4 is 29.0 Å². The molecule has 0 aromatic heterocycles. The predicted octanol–water partition coefficient (Wildman–Crippen LogP) is 3.53. The summed E-state index contributed by atoms with van der Waals surface area (Å²) in [6, 6.07) is 8.15. The first-order valence-electron chi connectivity index (χ1n) is 8.65. The molecule has 2 fully saturated rings. The monoisotopic (exact) mass is 334 g/mol. The van der Waals surface area contributed by atoms with Gasteiger partial charge in [-0.05, 0) is 37.1 Å². The number of carbonyl (C=O) groups excluding carboxylic acids is 1. The van der Waals surface area contributed by atoms with Gasteiger partial charge in [0.05, 0.1) is 19.0 Å². The van der Waals surface area contributed by atoms with Crippen LogP contribution in [0.1, 0.15) is 32.1 Å². The van der Waals surface area contributed by atoms with Gasteiger partial charge in [0.1, 0.15) is 0 Å². The number of carbonyl (C=O) groups is 1. The molecule has 126 valence electrons. The zero-order chi connectivity index (χ0) is 15.9. The van der Waals surface area contributed by atoms with Gasteiger partial charge in [-0.1, -0.05) is 19.3 Å². The van der Waals surface area contributed by atoms with E-state index in [0.717, 1.165) is 32.0 Å². The minimum Gasteiger partial charge on any atom is -0.378 e. The lowest BCUT2D eigenvalue weighted by molar-refractivity contribution is -0.113. The van der Waals surface area contributed by atoms with Crippen LogP contribution in [-0.4, -0.2) is 43.2 Å². The lowest BCUT2D eigenvalue weighted by atomic mass is 10.0. The zero-order valence-electron chi connectivity index (χ0n) is 13.6. The molecule has 0 unspecified atom stereocenters. The van der Waals surface area contributed by atoms with Crippen LogP contribution in [-0.2, 0) is 9.53 Å². The van der Waals surface area contributed by atoms with E-state index in [2.05, 4.69) is 22.3 Å². The van der Waals surface area contributed by atoms with Crippen LogP contribution in [0.15, 0.2) is 24.3 Å². The second kappa shape index (κ2) is 8.60. The fourth-order valence-corrected chi connectivity index (χ4v) is 4.33. The maximum absolute atomic E-state index is 12.1. The number of anilines is 2. The molecular formula is C18H26N2O2S. The number of morpholine rings is 1. The number of nitrogens with one attached hydrogen (secondary N) is 1. The quantitative estimate of drug-likeness (QED) is 0.894. The van der Waals surface area contributed by atoms with Gasteiger partial charge in [0.15, 0.2) is 0 Å². The molecule has 1 aliphatic heterocycles. The van der Waals surface area contributed by atoms with Crippen LogP contribution in [0.5, 0.6) is 0 Å². The second-order valence-electron chi connectivity index (χ2n) is 6.27. The van der Waals surface area contributed by atoms with Gasteiger partial charge in [-0.3, -0.25) is 4.79 Å². The lowest BCUT2D eigenvalue weighted by Crippen LogP contribution is -2.36. The zero-order valence-corrected chi connectivity index (χ0v) is 14.4. The topological polar surface area (TPSA) is 41.6 Å². The molecule has 0 spiro atoms. The van der Waals surface area contributed by atoms with Crippen molar-refractivity contribution in [3.05, 3.63) is 24.3 Å². The minimum absolute atomic E-state index is 0.111. The third kappa shape index (κ3) is 5.15. The van der Waals surface area contributed by atoms with Gasteiger partial charge in [-0.25, -0.2) is 0 Å². The van der Waals surface area contributed by atoms with E-state index in [9.17, 15) is 4.79 Å². The summed E-state index contributed by atoms with van der Waals surface area (Å²) in [4.78, 5) is 14.4. The van der Waals surface area contributed by atoms with Crippen molar-refractivity contribution in [1.82, 2.24) is 0 Å². The van der Waals surface area contributed by atoms with E-state index in [0.29, 0.717) is 11.0 Å². The Kier molecular flexibility index (Phi) is 6.22. The normalized spacial score (nSPS) is 19.6. The number of ether oxygens (including phenoxy) is 1. The molecule has 5 heteroatoms. The summed E-state index contributed by atoms with van der Waals surface area (Å²) in [5.74, 6) is 0.676. The number of nitrogens with zero attached hydrogens (tertiary/aromatic N) is 1. The van der Waals surface area contributed by atoms with E-state index in [1.807, 2.05) is 23.9 Å². The highest BCUT2D eigenvalue weighted by Gasteiger charge is 2.15. The van der Waals surface area contributed by atoms with E-state index in [1.54, 1.807) is 0 Å². The Bertz CT molecular complexity index is 494. The molecule has 3 rings (SSSR count). The third-order valence-electron chi connectivity index (χ3n) is 4.53. The molecule has 1 saturated carbocycles. The number of thioether (sulfide) groups is 1. The third-order valence-corrected chi connectivity index (χ3v) is 5.90. The molecule has 4 nitrogen and oxygen atoms in total. The molecule has 0 bridgehead atoms. The van der Waals surface area contributed by atoms with Gasteiger partial charge in [0.2, 0.25) is 5.91 Å². The number of rotatable bonds is 5. The molecule has 1 heterocycles. The van der Waals surface area contributed by atoms with Crippen molar-refractivity contribution in [3.63, 3.8) is 0 Å². The second-order valence-corrected chi connectivity index (χ2v) is 7.55. The highest BCUT2D eigenvalue weighted by Crippen LogP contribution is 2.28. The first kappa shape index (κ1) is 16.7. The van der Waals surface area contributed by atoms with Crippen LogP contribution in [0.4, 0.5) is 11.4 Å². The van der Waals surface area contributed by atoms with Crippen LogP contribution >= 0.6 is 11.8 Å². The van der Waals surface area contributed by atoms with E-state index in [1.165, 1.54) is 37.8 Å². The first-order valence-corrected chi connectivity index (χ1v) is 9.70. The Balaban J connectivity index is 1.44. The number of amides is 1. The summed E-state index contributed by atoms with van der Waals surface area (Å²) < 4.78 is 5.37. The van der Waals surface area contributed by atoms with Crippen molar-refractivity contribution in [2.24, 2.45) is 0 Å². The average molecular weight is 334 g/mol. The standard InChI is InChI=1S/C18H26N2O2S/c21-18(14-23-17-4-2-1-3-5-17)19-15-6-8-16(9-7-15)20-10-12-22-13-11-20/h6-9,17H,1-5,10-14H2,(H,19,21). The molecule has 23 heavy (non-hydrogen) atoms. The number of hydrogen-bond acceptors (Lipinski definition) is 4. The molecular weight excluding hydrogens is 308 g/mol. The molecule has 1 amide bonds. The largest absolute Gasteiger partial charge is 0.378 e. The van der Waals surface area contributed by atoms with Gasteiger partial charge >= 0.3 is 0 Å². The van der Waals surface area contributed by atoms with Crippen LogP contribution in [0.2, 0.25) is 0 Å². The fraction of sp³-hybridized carbons (Fsp3) is 0.611. The van der Waals surface area contributed by atoms with E-state index in [4.69, 9.17) is 4.74 Å². The smallest absolute Gasteiger partial charge is 0.234 e. The van der Waals surface area contributed by atoms with Crippen LogP contribution < -0.4 is 10.2 Å². The summed E-state index contributed by atoms with van der Waals surface area (Å²) in [6.45, 7) is 3.45. The summed E-state index contributed by atoms with van der Waals surface area (Å²) in [6.07, 6.45) is 6.54. The Labute approximate surface area is 143 Å². The van der Waals surface area contributed by atoms with E-state index in [-0.39, 0.29) is 5.91 Å². The van der Waals surface area contributed by atoms with Gasteiger partial charge in [-0.2, -0.15) is 0 Å². The first-order chi connectivity index (χ1) is 11.3. The van der Waals surface area contributed by atoms with Gasteiger partial charge in [0.25, 0.3) is 0 Å². The lowest BCUT2D eigenvalue weighted by Gasteiger charge is -2.28. The molecule has 0 radical (unpaired) electrons. The number of benzene rings is 1. The SMILES string of the molecule is O=C(CSC1CCCCC1)Nc1ccc(N2CCOCC2)cc1. The predicted molar refractivity (Wildman–Crippen MR) is 97.4 cm³/mol. The molecule has 2 aliphatic rings. The number of hydrogen-bond donors (Lipinski definition) is 1. The fourth-order valence-electron chi connectivity index (χ4n) is 3.20. The van der Waals surface area contributed by atoms with Crippen molar-refractivity contribution in [2.45, 2.75) is 37.4 Å². The summed E-state index contributed by atoms with van der Waals surface area (Å²) in [5.41, 5.74) is 2.08. The Morgan fingerprint density at radius 2 is 1.83 bits per heavy atom. The molecule has 0 atom stereocenters. The van der Waals surface area contributed by atoms with Crippen LogP contribution in [0.25, 0.3) is 0 Å². The maximum Gasteiger partial charge on any atom is 0.234 e. The van der Waals surface area contributed by atoms with Crippen LogP contribution in [0, 0.1) is 0 Å². The summed E-state index contributed by atoms with van der Waals surface area (Å²) in [7, 11) is 0. The highest BCUT2D eigenvalue weighted by atomic mass is 32.2. The van der Waals surface area contributed by atoms with Crippen molar-refractivity contribution in [1.29, 1.82) is 0 Å². The summed E-state index contributed by atoms with van der Waals surface area (Å²) >= 11 is 1.82. The Hall–Kier alpha value is -1.20. The van der Waals surface area contributed by atoms with Gasteiger partial charge < -0.3 is 15.0 Å². The van der Waals surface area contributed by atoms with E-state index < -0.39 is 0 Å².